The van der Waals surface area contributed by atoms with Crippen LogP contribution in [-0.2, 0) is 0 Å². The van der Waals surface area contributed by atoms with Gasteiger partial charge in [0, 0.05) is 14.1 Å². The van der Waals surface area contributed by atoms with Gasteiger partial charge in [-0.15, -0.1) is 0 Å². The molecule has 0 aliphatic heterocycles. The third-order valence-electron chi connectivity index (χ3n) is 2.41. The Balaban J connectivity index is 3.89. The minimum Gasteiger partial charge on any atom is -0.314 e. The molecular formula is C12H29NSi. The average Bonchev–Trinajstić information content (AvgIpc) is 1.98. The maximum absolute atomic E-state index is 3.58. The molecule has 0 aromatic heterocycles. The Morgan fingerprint density at radius 3 is 2.07 bits per heavy atom. The van der Waals surface area contributed by atoms with E-state index in [0.717, 1.165) is 5.92 Å². The van der Waals surface area contributed by atoms with E-state index in [-0.39, 0.29) is 0 Å². The summed E-state index contributed by atoms with van der Waals surface area (Å²) in [7, 11) is -0.870. The fourth-order valence-electron chi connectivity index (χ4n) is 1.95. The molecule has 86 valence electrons. The number of nitrogens with one attached hydrogen (secondary N) is 1. The zero-order valence-corrected chi connectivity index (χ0v) is 12.0. The highest BCUT2D eigenvalue weighted by Gasteiger charge is 2.19. The van der Waals surface area contributed by atoms with Crippen LogP contribution in [-0.4, -0.2) is 20.7 Å². The van der Waals surface area contributed by atoms with Gasteiger partial charge in [-0.3, -0.25) is 0 Å². The van der Waals surface area contributed by atoms with E-state index in [2.05, 4.69) is 45.7 Å². The minimum absolute atomic E-state index is 0.635. The van der Waals surface area contributed by atoms with Crippen molar-refractivity contribution in [2.45, 2.75) is 65.3 Å². The summed E-state index contributed by atoms with van der Waals surface area (Å²) in [5.74, 6) is 0.911. The minimum atomic E-state index is -0.870. The zero-order chi connectivity index (χ0) is 11.2. The van der Waals surface area contributed by atoms with Crippen molar-refractivity contribution in [2.24, 2.45) is 5.92 Å². The van der Waals surface area contributed by atoms with Crippen LogP contribution in [0, 0.1) is 5.92 Å². The van der Waals surface area contributed by atoms with Gasteiger partial charge < -0.3 is 5.32 Å². The summed E-state index contributed by atoms with van der Waals surface area (Å²) in [6.07, 6.45) is 2.72. The second kappa shape index (κ2) is 6.62. The first-order chi connectivity index (χ1) is 6.35. The van der Waals surface area contributed by atoms with Gasteiger partial charge in [0.25, 0.3) is 0 Å². The first-order valence-electron chi connectivity index (χ1n) is 6.08. The second-order valence-electron chi connectivity index (χ2n) is 5.98. The Hall–Kier alpha value is 0.177. The van der Waals surface area contributed by atoms with Crippen LogP contribution in [0.1, 0.15) is 33.6 Å². The molecule has 0 fully saturated rings. The Morgan fingerprint density at radius 1 is 1.14 bits per heavy atom. The molecule has 1 unspecified atom stereocenters. The molecule has 0 aromatic rings. The van der Waals surface area contributed by atoms with Gasteiger partial charge in [0.2, 0.25) is 0 Å². The molecule has 0 aliphatic carbocycles. The van der Waals surface area contributed by atoms with Crippen molar-refractivity contribution in [1.82, 2.24) is 5.32 Å². The van der Waals surface area contributed by atoms with Crippen LogP contribution in [0.2, 0.25) is 25.7 Å². The molecule has 1 nitrogen and oxygen atoms in total. The number of hydrogen-bond acceptors (Lipinski definition) is 1. The SMILES string of the molecule is CCCC(CNC(C)C)C[Si](C)(C)C. The molecule has 0 saturated carbocycles. The van der Waals surface area contributed by atoms with Crippen molar-refractivity contribution < 1.29 is 0 Å². The largest absolute Gasteiger partial charge is 0.314 e. The molecule has 2 heteroatoms. The maximum atomic E-state index is 3.58. The van der Waals surface area contributed by atoms with Crippen molar-refractivity contribution in [1.29, 1.82) is 0 Å². The molecule has 0 aromatic carbocycles. The van der Waals surface area contributed by atoms with Crippen molar-refractivity contribution in [3.8, 4) is 0 Å². The first-order valence-corrected chi connectivity index (χ1v) is 9.79. The van der Waals surface area contributed by atoms with E-state index in [1.807, 2.05) is 0 Å². The Kier molecular flexibility index (Phi) is 6.71. The summed E-state index contributed by atoms with van der Waals surface area (Å²) in [5, 5.41) is 3.58. The topological polar surface area (TPSA) is 12.0 Å². The highest BCUT2D eigenvalue weighted by atomic mass is 28.3. The fourth-order valence-corrected chi connectivity index (χ4v) is 4.03. The lowest BCUT2D eigenvalue weighted by molar-refractivity contribution is 0.446. The van der Waals surface area contributed by atoms with Crippen LogP contribution in [0.15, 0.2) is 0 Å². The van der Waals surface area contributed by atoms with E-state index in [1.165, 1.54) is 25.4 Å². The average molecular weight is 215 g/mol. The van der Waals surface area contributed by atoms with Crippen molar-refractivity contribution in [3.63, 3.8) is 0 Å². The van der Waals surface area contributed by atoms with Crippen LogP contribution in [0.5, 0.6) is 0 Å². The van der Waals surface area contributed by atoms with Gasteiger partial charge in [-0.05, 0) is 18.9 Å². The second-order valence-corrected chi connectivity index (χ2v) is 11.5. The highest BCUT2D eigenvalue weighted by Crippen LogP contribution is 2.20. The molecule has 1 atom stereocenters. The maximum Gasteiger partial charge on any atom is 0.0445 e. The lowest BCUT2D eigenvalue weighted by atomic mass is 10.1. The molecule has 14 heavy (non-hydrogen) atoms. The number of hydrogen-bond donors (Lipinski definition) is 1. The van der Waals surface area contributed by atoms with E-state index in [9.17, 15) is 0 Å². The van der Waals surface area contributed by atoms with Gasteiger partial charge in [-0.25, -0.2) is 0 Å². The van der Waals surface area contributed by atoms with Crippen LogP contribution >= 0.6 is 0 Å². The van der Waals surface area contributed by atoms with Gasteiger partial charge in [-0.2, -0.15) is 0 Å². The molecule has 0 spiro atoms. The highest BCUT2D eigenvalue weighted by molar-refractivity contribution is 6.76. The molecule has 0 aliphatic rings. The van der Waals surface area contributed by atoms with Gasteiger partial charge in [0.05, 0.1) is 0 Å². The third-order valence-corrected chi connectivity index (χ3v) is 4.21. The zero-order valence-electron chi connectivity index (χ0n) is 11.0. The Bertz CT molecular complexity index is 138. The summed E-state index contributed by atoms with van der Waals surface area (Å²) in [5.41, 5.74) is 0. The van der Waals surface area contributed by atoms with E-state index in [0.29, 0.717) is 6.04 Å². The molecule has 0 heterocycles. The summed E-state index contributed by atoms with van der Waals surface area (Å²) >= 11 is 0. The molecule has 0 rings (SSSR count). The van der Waals surface area contributed by atoms with Gasteiger partial charge in [0.15, 0.2) is 0 Å². The predicted octanol–water partition coefficient (Wildman–Crippen LogP) is 3.74. The monoisotopic (exact) mass is 215 g/mol. The summed E-state index contributed by atoms with van der Waals surface area (Å²) in [6.45, 7) is 15.4. The van der Waals surface area contributed by atoms with E-state index < -0.39 is 8.07 Å². The summed E-state index contributed by atoms with van der Waals surface area (Å²) < 4.78 is 0. The van der Waals surface area contributed by atoms with Gasteiger partial charge in [-0.1, -0.05) is 52.9 Å². The van der Waals surface area contributed by atoms with Crippen LogP contribution < -0.4 is 5.32 Å². The predicted molar refractivity (Wildman–Crippen MR) is 69.7 cm³/mol. The molecule has 0 amide bonds. The molecule has 0 saturated heterocycles. The van der Waals surface area contributed by atoms with Gasteiger partial charge in [0.1, 0.15) is 0 Å². The van der Waals surface area contributed by atoms with Crippen LogP contribution in [0.25, 0.3) is 0 Å². The van der Waals surface area contributed by atoms with E-state index in [4.69, 9.17) is 0 Å². The van der Waals surface area contributed by atoms with Crippen molar-refractivity contribution in [3.05, 3.63) is 0 Å². The lowest BCUT2D eigenvalue weighted by Gasteiger charge is -2.25. The standard InChI is InChI=1S/C12H29NSi/c1-7-8-12(9-13-11(2)3)10-14(4,5)6/h11-13H,7-10H2,1-6H3. The van der Waals surface area contributed by atoms with E-state index >= 15 is 0 Å². The molecule has 1 N–H and O–H groups in total. The normalized spacial score (nSPS) is 14.8. The van der Waals surface area contributed by atoms with Crippen molar-refractivity contribution in [2.75, 3.05) is 6.54 Å². The molecule has 0 bridgehead atoms. The Morgan fingerprint density at radius 2 is 1.71 bits per heavy atom. The Labute approximate surface area is 91.7 Å². The fraction of sp³-hybridized carbons (Fsp3) is 1.00. The molecular weight excluding hydrogens is 186 g/mol. The van der Waals surface area contributed by atoms with E-state index in [1.54, 1.807) is 0 Å². The van der Waals surface area contributed by atoms with Gasteiger partial charge >= 0.3 is 0 Å². The quantitative estimate of drug-likeness (QED) is 0.638. The third kappa shape index (κ3) is 8.76. The lowest BCUT2D eigenvalue weighted by Crippen LogP contribution is -2.33. The molecule has 0 radical (unpaired) electrons. The smallest absolute Gasteiger partial charge is 0.0445 e. The summed E-state index contributed by atoms with van der Waals surface area (Å²) in [6, 6.07) is 2.11. The van der Waals surface area contributed by atoms with Crippen molar-refractivity contribution >= 4 is 8.07 Å². The van der Waals surface area contributed by atoms with Crippen LogP contribution in [0.3, 0.4) is 0 Å². The summed E-state index contributed by atoms with van der Waals surface area (Å²) in [4.78, 5) is 0. The van der Waals surface area contributed by atoms with Crippen LogP contribution in [0.4, 0.5) is 0 Å². The number of rotatable bonds is 7. The first kappa shape index (κ1) is 14.2.